The van der Waals surface area contributed by atoms with Crippen LogP contribution in [0.1, 0.15) is 31.7 Å². The molecule has 1 aliphatic rings. The lowest BCUT2D eigenvalue weighted by Gasteiger charge is -2.17. The van der Waals surface area contributed by atoms with E-state index in [1.54, 1.807) is 13.0 Å². The van der Waals surface area contributed by atoms with Crippen LogP contribution in [-0.2, 0) is 24.0 Å². The van der Waals surface area contributed by atoms with Gasteiger partial charge >= 0.3 is 5.97 Å². The summed E-state index contributed by atoms with van der Waals surface area (Å²) >= 11 is 0. The van der Waals surface area contributed by atoms with Crippen molar-refractivity contribution in [1.29, 1.82) is 0 Å². The maximum Gasteiger partial charge on any atom is 0.337 e. The number of amides is 2. The highest BCUT2D eigenvalue weighted by Gasteiger charge is 2.33. The fraction of sp³-hybridized carbons (Fsp3) is 0.368. The molecule has 2 rings (SSSR count). The average molecular weight is 374 g/mol. The van der Waals surface area contributed by atoms with Crippen LogP contribution in [0.25, 0.3) is 5.57 Å². The van der Waals surface area contributed by atoms with Crippen molar-refractivity contribution in [2.75, 3.05) is 26.1 Å². The molecule has 0 aromatic heterocycles. The number of ether oxygens (including phenoxy) is 1. The van der Waals surface area contributed by atoms with E-state index in [9.17, 15) is 19.2 Å². The van der Waals surface area contributed by atoms with E-state index in [-0.39, 0.29) is 24.8 Å². The fourth-order valence-electron chi connectivity index (χ4n) is 2.65. The summed E-state index contributed by atoms with van der Waals surface area (Å²) in [5, 5.41) is 0.465. The van der Waals surface area contributed by atoms with Crippen molar-refractivity contribution in [3.8, 4) is 5.75 Å². The van der Waals surface area contributed by atoms with Gasteiger partial charge in [0.15, 0.2) is 0 Å². The number of rotatable bonds is 7. The SMILES string of the molecule is COc1cc(N(C)C)ccc1/C(C)=C(\C=O)CC(=O)ON1C(=O)CCC1=O. The minimum absolute atomic E-state index is 0.0109. The Morgan fingerprint density at radius 1 is 1.22 bits per heavy atom. The van der Waals surface area contributed by atoms with Crippen LogP contribution in [0.5, 0.6) is 5.75 Å². The third-order valence-corrected chi connectivity index (χ3v) is 4.26. The second-order valence-electron chi connectivity index (χ2n) is 6.27. The van der Waals surface area contributed by atoms with Gasteiger partial charge in [0.25, 0.3) is 11.8 Å². The van der Waals surface area contributed by atoms with Crippen molar-refractivity contribution >= 4 is 35.3 Å². The number of hydrogen-bond acceptors (Lipinski definition) is 7. The maximum absolute atomic E-state index is 12.1. The molecule has 1 fully saturated rings. The van der Waals surface area contributed by atoms with E-state index in [1.165, 1.54) is 7.11 Å². The molecule has 0 unspecified atom stereocenters. The summed E-state index contributed by atoms with van der Waals surface area (Å²) in [6.45, 7) is 1.69. The molecule has 0 saturated carbocycles. The third kappa shape index (κ3) is 4.52. The molecule has 0 aliphatic carbocycles. The third-order valence-electron chi connectivity index (χ3n) is 4.26. The maximum atomic E-state index is 12.1. The Morgan fingerprint density at radius 2 is 1.85 bits per heavy atom. The zero-order chi connectivity index (χ0) is 20.1. The molecule has 0 radical (unpaired) electrons. The number of hydroxylamine groups is 2. The molecule has 1 saturated heterocycles. The number of nitrogens with zero attached hydrogens (tertiary/aromatic N) is 2. The first-order valence-electron chi connectivity index (χ1n) is 8.35. The standard InChI is InChI=1S/C19H22N2O6/c1-12(15-6-5-14(20(2)3)10-16(15)26-4)13(11-22)9-19(25)27-21-17(23)7-8-18(21)24/h5-6,10-11H,7-9H2,1-4H3/b13-12-. The number of allylic oxidation sites excluding steroid dienone is 1. The Bertz CT molecular complexity index is 796. The highest BCUT2D eigenvalue weighted by Crippen LogP contribution is 2.32. The summed E-state index contributed by atoms with van der Waals surface area (Å²) in [6.07, 6.45) is 0.211. The number of aldehydes is 1. The molecule has 27 heavy (non-hydrogen) atoms. The Hall–Kier alpha value is -3.16. The zero-order valence-corrected chi connectivity index (χ0v) is 15.8. The second-order valence-corrected chi connectivity index (χ2v) is 6.27. The van der Waals surface area contributed by atoms with Gasteiger partial charge in [0.05, 0.1) is 13.5 Å². The summed E-state index contributed by atoms with van der Waals surface area (Å²) in [6, 6.07) is 5.48. The van der Waals surface area contributed by atoms with Crippen molar-refractivity contribution in [2.24, 2.45) is 0 Å². The van der Waals surface area contributed by atoms with Gasteiger partial charge in [-0.25, -0.2) is 4.79 Å². The Labute approximate surface area is 157 Å². The largest absolute Gasteiger partial charge is 0.496 e. The van der Waals surface area contributed by atoms with Crippen molar-refractivity contribution in [3.05, 3.63) is 29.3 Å². The first-order chi connectivity index (χ1) is 12.8. The molecular weight excluding hydrogens is 352 g/mol. The van der Waals surface area contributed by atoms with Crippen molar-refractivity contribution in [1.82, 2.24) is 5.06 Å². The first kappa shape index (κ1) is 20.2. The minimum Gasteiger partial charge on any atom is -0.496 e. The van der Waals surface area contributed by atoms with Crippen LogP contribution in [-0.4, -0.2) is 50.3 Å². The Kier molecular flexibility index (Phi) is 6.33. The van der Waals surface area contributed by atoms with Gasteiger partial charge in [-0.1, -0.05) is 0 Å². The van der Waals surface area contributed by atoms with Gasteiger partial charge in [0.1, 0.15) is 12.0 Å². The fourth-order valence-corrected chi connectivity index (χ4v) is 2.65. The van der Waals surface area contributed by atoms with Crippen LogP contribution in [0.4, 0.5) is 5.69 Å². The molecule has 0 N–H and O–H groups in total. The van der Waals surface area contributed by atoms with Gasteiger partial charge < -0.3 is 14.5 Å². The van der Waals surface area contributed by atoms with E-state index in [0.717, 1.165) is 5.69 Å². The summed E-state index contributed by atoms with van der Waals surface area (Å²) in [4.78, 5) is 53.4. The van der Waals surface area contributed by atoms with E-state index in [2.05, 4.69) is 0 Å². The lowest BCUT2D eigenvalue weighted by atomic mass is 9.98. The van der Waals surface area contributed by atoms with Crippen LogP contribution in [0.3, 0.4) is 0 Å². The summed E-state index contributed by atoms with van der Waals surface area (Å²) in [7, 11) is 5.31. The molecule has 0 spiro atoms. The average Bonchev–Trinajstić information content (AvgIpc) is 2.96. The molecule has 0 bridgehead atoms. The van der Waals surface area contributed by atoms with Crippen molar-refractivity contribution in [3.63, 3.8) is 0 Å². The highest BCUT2D eigenvalue weighted by molar-refractivity contribution is 6.02. The highest BCUT2D eigenvalue weighted by atomic mass is 16.7. The molecule has 1 aromatic rings. The molecule has 8 nitrogen and oxygen atoms in total. The number of carbonyl (C=O) groups is 4. The normalized spacial score (nSPS) is 14.7. The predicted octanol–water partition coefficient (Wildman–Crippen LogP) is 1.73. The quantitative estimate of drug-likeness (QED) is 0.408. The summed E-state index contributed by atoms with van der Waals surface area (Å²) < 4.78 is 5.40. The topological polar surface area (TPSA) is 93.2 Å². The predicted molar refractivity (Wildman–Crippen MR) is 97.8 cm³/mol. The molecule has 8 heteroatoms. The van der Waals surface area contributed by atoms with E-state index in [1.807, 2.05) is 31.1 Å². The molecule has 1 aromatic carbocycles. The second kappa shape index (κ2) is 8.48. The number of benzene rings is 1. The summed E-state index contributed by atoms with van der Waals surface area (Å²) in [5.41, 5.74) is 2.30. The summed E-state index contributed by atoms with van der Waals surface area (Å²) in [5.74, 6) is -1.44. The van der Waals surface area contributed by atoms with Crippen LogP contribution in [0.2, 0.25) is 0 Å². The molecular formula is C19H22N2O6. The number of carbonyl (C=O) groups excluding carboxylic acids is 4. The van der Waals surface area contributed by atoms with Gasteiger partial charge in [0, 0.05) is 49.8 Å². The van der Waals surface area contributed by atoms with Crippen molar-refractivity contribution < 1.29 is 28.8 Å². The van der Waals surface area contributed by atoms with Gasteiger partial charge in [-0.2, -0.15) is 0 Å². The van der Waals surface area contributed by atoms with E-state index >= 15 is 0 Å². The molecule has 2 amide bonds. The first-order valence-corrected chi connectivity index (χ1v) is 8.35. The van der Waals surface area contributed by atoms with Gasteiger partial charge in [-0.3, -0.25) is 14.4 Å². The molecule has 1 heterocycles. The lowest BCUT2D eigenvalue weighted by molar-refractivity contribution is -0.196. The molecule has 1 aliphatic heterocycles. The number of anilines is 1. The van der Waals surface area contributed by atoms with E-state index in [4.69, 9.17) is 9.57 Å². The molecule has 144 valence electrons. The van der Waals surface area contributed by atoms with Crippen LogP contribution >= 0.6 is 0 Å². The Morgan fingerprint density at radius 3 is 2.37 bits per heavy atom. The van der Waals surface area contributed by atoms with Crippen LogP contribution in [0, 0.1) is 0 Å². The molecule has 0 atom stereocenters. The van der Waals surface area contributed by atoms with Gasteiger partial charge in [-0.15, -0.1) is 5.06 Å². The smallest absolute Gasteiger partial charge is 0.337 e. The van der Waals surface area contributed by atoms with Crippen LogP contribution < -0.4 is 9.64 Å². The monoisotopic (exact) mass is 374 g/mol. The number of hydrogen-bond donors (Lipinski definition) is 0. The van der Waals surface area contributed by atoms with E-state index < -0.39 is 17.8 Å². The number of imide groups is 1. The minimum atomic E-state index is -0.857. The van der Waals surface area contributed by atoms with Crippen LogP contribution in [0.15, 0.2) is 23.8 Å². The lowest BCUT2D eigenvalue weighted by Crippen LogP contribution is -2.32. The van der Waals surface area contributed by atoms with Gasteiger partial charge in [0.2, 0.25) is 0 Å². The van der Waals surface area contributed by atoms with Gasteiger partial charge in [-0.05, 0) is 24.6 Å². The Balaban J connectivity index is 2.25. The van der Waals surface area contributed by atoms with E-state index in [0.29, 0.717) is 28.2 Å². The van der Waals surface area contributed by atoms with Crippen molar-refractivity contribution in [2.45, 2.75) is 26.2 Å². The zero-order valence-electron chi connectivity index (χ0n) is 15.8. The number of methoxy groups -OCH3 is 1.